The second-order valence-electron chi connectivity index (χ2n) is 5.83. The molecular weight excluding hydrogens is 302 g/mol. The van der Waals surface area contributed by atoms with E-state index in [1.54, 1.807) is 4.90 Å². The van der Waals surface area contributed by atoms with Gasteiger partial charge in [-0.3, -0.25) is 9.59 Å². The molecule has 2 saturated heterocycles. The molecule has 2 N–H and O–H groups in total. The van der Waals surface area contributed by atoms with Gasteiger partial charge in [-0.15, -0.1) is 12.4 Å². The summed E-state index contributed by atoms with van der Waals surface area (Å²) in [4.78, 5) is 28.0. The van der Waals surface area contributed by atoms with Crippen molar-refractivity contribution >= 4 is 29.9 Å². The van der Waals surface area contributed by atoms with Gasteiger partial charge in [0.15, 0.2) is 0 Å². The number of amides is 2. The fourth-order valence-corrected chi connectivity index (χ4v) is 3.01. The van der Waals surface area contributed by atoms with Crippen LogP contribution >= 0.6 is 12.4 Å². The number of halogens is 1. The van der Waals surface area contributed by atoms with Gasteiger partial charge >= 0.3 is 0 Å². The number of piperidine rings is 1. The van der Waals surface area contributed by atoms with Crippen LogP contribution in [-0.4, -0.2) is 42.4 Å². The van der Waals surface area contributed by atoms with Crippen LogP contribution in [0.5, 0.6) is 0 Å². The van der Waals surface area contributed by atoms with Crippen LogP contribution in [0.25, 0.3) is 0 Å². The molecule has 0 bridgehead atoms. The molecule has 1 aromatic rings. The Morgan fingerprint density at radius 1 is 1.18 bits per heavy atom. The van der Waals surface area contributed by atoms with E-state index < -0.39 is 0 Å². The lowest BCUT2D eigenvalue weighted by atomic mass is 10.0. The highest BCUT2D eigenvalue weighted by Gasteiger charge is 2.24. The molecule has 1 aromatic carbocycles. The SMILES string of the molecule is Cl.NC1CCN(C(=O)c2cccc(N3CCCC3=O)c2)CC1. The lowest BCUT2D eigenvalue weighted by Crippen LogP contribution is -2.42. The molecule has 5 nitrogen and oxygen atoms in total. The van der Waals surface area contributed by atoms with Crippen molar-refractivity contribution < 1.29 is 9.59 Å². The summed E-state index contributed by atoms with van der Waals surface area (Å²) in [5.74, 6) is 0.180. The van der Waals surface area contributed by atoms with E-state index in [1.165, 1.54) is 0 Å². The van der Waals surface area contributed by atoms with E-state index in [0.717, 1.165) is 31.5 Å². The predicted molar refractivity (Wildman–Crippen MR) is 88.4 cm³/mol. The Morgan fingerprint density at radius 2 is 1.91 bits per heavy atom. The van der Waals surface area contributed by atoms with Gasteiger partial charge in [0.05, 0.1) is 0 Å². The van der Waals surface area contributed by atoms with Crippen LogP contribution in [0, 0.1) is 0 Å². The zero-order valence-electron chi connectivity index (χ0n) is 12.5. The Hall–Kier alpha value is -1.59. The summed E-state index contributed by atoms with van der Waals surface area (Å²) in [7, 11) is 0. The summed E-state index contributed by atoms with van der Waals surface area (Å²) in [5.41, 5.74) is 7.36. The van der Waals surface area contributed by atoms with Gasteiger partial charge < -0.3 is 15.5 Å². The Balaban J connectivity index is 0.00000176. The summed E-state index contributed by atoms with van der Waals surface area (Å²) in [6.45, 7) is 2.18. The normalized spacial score (nSPS) is 19.2. The standard InChI is InChI=1S/C16H21N3O2.ClH/c17-13-6-9-18(10-7-13)16(21)12-3-1-4-14(11-12)19-8-2-5-15(19)20;/h1,3-4,11,13H,2,5-10,17H2;1H. The van der Waals surface area contributed by atoms with Crippen LogP contribution in [0.1, 0.15) is 36.0 Å². The highest BCUT2D eigenvalue weighted by molar-refractivity contribution is 5.99. The van der Waals surface area contributed by atoms with Crippen molar-refractivity contribution in [1.82, 2.24) is 4.90 Å². The minimum Gasteiger partial charge on any atom is -0.339 e. The molecule has 0 unspecified atom stereocenters. The summed E-state index contributed by atoms with van der Waals surface area (Å²) < 4.78 is 0. The smallest absolute Gasteiger partial charge is 0.253 e. The maximum absolute atomic E-state index is 12.5. The molecule has 6 heteroatoms. The number of nitrogens with zero attached hydrogens (tertiary/aromatic N) is 2. The number of nitrogens with two attached hydrogens (primary N) is 1. The monoisotopic (exact) mass is 323 g/mol. The number of likely N-dealkylation sites (tertiary alicyclic amines) is 1. The zero-order chi connectivity index (χ0) is 14.8. The number of anilines is 1. The van der Waals surface area contributed by atoms with Gasteiger partial charge in [-0.25, -0.2) is 0 Å². The topological polar surface area (TPSA) is 66.6 Å². The van der Waals surface area contributed by atoms with Crippen molar-refractivity contribution in [3.63, 3.8) is 0 Å². The second-order valence-corrected chi connectivity index (χ2v) is 5.83. The predicted octanol–water partition coefficient (Wildman–Crippen LogP) is 1.80. The average Bonchev–Trinajstić information content (AvgIpc) is 2.94. The minimum atomic E-state index is 0. The first-order valence-corrected chi connectivity index (χ1v) is 7.60. The molecule has 0 saturated carbocycles. The van der Waals surface area contributed by atoms with Crippen LogP contribution < -0.4 is 10.6 Å². The number of hydrogen-bond acceptors (Lipinski definition) is 3. The molecule has 0 radical (unpaired) electrons. The van der Waals surface area contributed by atoms with Gasteiger partial charge in [-0.1, -0.05) is 6.07 Å². The first kappa shape index (κ1) is 16.8. The number of benzene rings is 1. The van der Waals surface area contributed by atoms with Gasteiger partial charge in [0.2, 0.25) is 5.91 Å². The van der Waals surface area contributed by atoms with Gasteiger partial charge in [0, 0.05) is 43.3 Å². The maximum atomic E-state index is 12.5. The quantitative estimate of drug-likeness (QED) is 0.902. The molecule has 2 aliphatic rings. The van der Waals surface area contributed by atoms with Gasteiger partial charge in [-0.05, 0) is 37.5 Å². The molecule has 0 aliphatic carbocycles. The molecule has 2 aliphatic heterocycles. The Bertz CT molecular complexity index is 556. The Morgan fingerprint density at radius 3 is 2.55 bits per heavy atom. The number of rotatable bonds is 2. The number of carbonyl (C=O) groups is 2. The Kier molecular flexibility index (Phi) is 5.42. The average molecular weight is 324 g/mol. The third-order valence-corrected chi connectivity index (χ3v) is 4.31. The molecule has 0 aromatic heterocycles. The highest BCUT2D eigenvalue weighted by atomic mass is 35.5. The van der Waals surface area contributed by atoms with E-state index >= 15 is 0 Å². The number of carbonyl (C=O) groups excluding carboxylic acids is 2. The fraction of sp³-hybridized carbons (Fsp3) is 0.500. The molecule has 22 heavy (non-hydrogen) atoms. The van der Waals surface area contributed by atoms with Crippen LogP contribution in [0.2, 0.25) is 0 Å². The van der Waals surface area contributed by atoms with Crippen LogP contribution in [0.3, 0.4) is 0 Å². The van der Waals surface area contributed by atoms with E-state index in [0.29, 0.717) is 25.1 Å². The molecule has 2 heterocycles. The lowest BCUT2D eigenvalue weighted by Gasteiger charge is -2.30. The minimum absolute atomic E-state index is 0. The lowest BCUT2D eigenvalue weighted by molar-refractivity contribution is -0.117. The molecular formula is C16H22ClN3O2. The summed E-state index contributed by atoms with van der Waals surface area (Å²) in [6, 6.07) is 7.61. The van der Waals surface area contributed by atoms with E-state index in [-0.39, 0.29) is 30.3 Å². The van der Waals surface area contributed by atoms with Crippen molar-refractivity contribution in [2.45, 2.75) is 31.7 Å². The van der Waals surface area contributed by atoms with Crippen molar-refractivity contribution in [2.24, 2.45) is 5.73 Å². The molecule has 0 atom stereocenters. The number of hydrogen-bond donors (Lipinski definition) is 1. The van der Waals surface area contributed by atoms with Crippen molar-refractivity contribution in [2.75, 3.05) is 24.5 Å². The summed E-state index contributed by atoms with van der Waals surface area (Å²) in [6.07, 6.45) is 3.20. The first-order chi connectivity index (χ1) is 10.1. The molecule has 120 valence electrons. The van der Waals surface area contributed by atoms with Gasteiger partial charge in [0.25, 0.3) is 5.91 Å². The second kappa shape index (κ2) is 7.11. The molecule has 0 spiro atoms. The fourth-order valence-electron chi connectivity index (χ4n) is 3.01. The van der Waals surface area contributed by atoms with Gasteiger partial charge in [-0.2, -0.15) is 0 Å². The molecule has 2 amide bonds. The van der Waals surface area contributed by atoms with E-state index in [2.05, 4.69) is 0 Å². The summed E-state index contributed by atoms with van der Waals surface area (Å²) in [5, 5.41) is 0. The zero-order valence-corrected chi connectivity index (χ0v) is 13.3. The van der Waals surface area contributed by atoms with Crippen LogP contribution in [0.4, 0.5) is 5.69 Å². The highest BCUT2D eigenvalue weighted by Crippen LogP contribution is 2.23. The van der Waals surface area contributed by atoms with E-state index in [1.807, 2.05) is 29.2 Å². The first-order valence-electron chi connectivity index (χ1n) is 7.60. The largest absolute Gasteiger partial charge is 0.339 e. The van der Waals surface area contributed by atoms with Gasteiger partial charge in [0.1, 0.15) is 0 Å². The maximum Gasteiger partial charge on any atom is 0.253 e. The van der Waals surface area contributed by atoms with Crippen LogP contribution in [0.15, 0.2) is 24.3 Å². The van der Waals surface area contributed by atoms with E-state index in [9.17, 15) is 9.59 Å². The van der Waals surface area contributed by atoms with Crippen LogP contribution in [-0.2, 0) is 4.79 Å². The van der Waals surface area contributed by atoms with Crippen molar-refractivity contribution in [3.8, 4) is 0 Å². The molecule has 3 rings (SSSR count). The molecule has 2 fully saturated rings. The van der Waals surface area contributed by atoms with Crippen molar-refractivity contribution in [3.05, 3.63) is 29.8 Å². The third-order valence-electron chi connectivity index (χ3n) is 4.31. The Labute approximate surface area is 136 Å². The van der Waals surface area contributed by atoms with Crippen molar-refractivity contribution in [1.29, 1.82) is 0 Å². The third kappa shape index (κ3) is 3.42. The van der Waals surface area contributed by atoms with E-state index in [4.69, 9.17) is 5.73 Å². The summed E-state index contributed by atoms with van der Waals surface area (Å²) >= 11 is 0.